The number of benzene rings is 1. The molecule has 1 heterocycles. The second kappa shape index (κ2) is 6.12. The maximum Gasteiger partial charge on any atom is 0.207 e. The summed E-state index contributed by atoms with van der Waals surface area (Å²) < 4.78 is 1.91. The molecule has 0 bridgehead atoms. The van der Waals surface area contributed by atoms with Gasteiger partial charge in [0.05, 0.1) is 10.7 Å². The van der Waals surface area contributed by atoms with E-state index in [1.807, 2.05) is 16.8 Å². The number of nitrogens with one attached hydrogen (secondary N) is 1. The number of anilines is 1. The highest BCUT2D eigenvalue weighted by atomic mass is 35.5. The number of nitrogens with zero attached hydrogens (tertiary/aromatic N) is 2. The molecule has 2 aromatic rings. The van der Waals surface area contributed by atoms with Gasteiger partial charge in [0.25, 0.3) is 0 Å². The van der Waals surface area contributed by atoms with Crippen LogP contribution in [0.2, 0.25) is 10.0 Å². The van der Waals surface area contributed by atoms with E-state index in [1.54, 1.807) is 18.3 Å². The van der Waals surface area contributed by atoms with Crippen molar-refractivity contribution in [2.75, 3.05) is 11.9 Å². The van der Waals surface area contributed by atoms with Gasteiger partial charge in [-0.05, 0) is 24.6 Å². The summed E-state index contributed by atoms with van der Waals surface area (Å²) in [5.41, 5.74) is 0.834. The van der Waals surface area contributed by atoms with Crippen molar-refractivity contribution in [1.82, 2.24) is 9.55 Å². The first-order chi connectivity index (χ1) is 8.72. The molecule has 2 rings (SSSR count). The molecule has 0 fully saturated rings. The number of rotatable bonds is 5. The lowest BCUT2D eigenvalue weighted by molar-refractivity contribution is 0.823. The Labute approximate surface area is 117 Å². The SMILES string of the molecule is CCCCNc1nccn1-c1cc(Cl)ccc1Cl. The molecule has 18 heavy (non-hydrogen) atoms. The van der Waals surface area contributed by atoms with E-state index in [2.05, 4.69) is 17.2 Å². The second-order valence-corrected chi connectivity index (χ2v) is 4.84. The molecule has 0 aliphatic carbocycles. The molecule has 1 aromatic carbocycles. The van der Waals surface area contributed by atoms with Gasteiger partial charge >= 0.3 is 0 Å². The molecule has 0 amide bonds. The maximum atomic E-state index is 6.19. The van der Waals surface area contributed by atoms with Gasteiger partial charge in [0.15, 0.2) is 0 Å². The summed E-state index contributed by atoms with van der Waals surface area (Å²) in [5, 5.41) is 4.59. The van der Waals surface area contributed by atoms with Crippen molar-refractivity contribution in [2.45, 2.75) is 19.8 Å². The lowest BCUT2D eigenvalue weighted by Crippen LogP contribution is -2.07. The van der Waals surface area contributed by atoms with Crippen molar-refractivity contribution >= 4 is 29.2 Å². The van der Waals surface area contributed by atoms with Crippen LogP contribution in [0.4, 0.5) is 5.95 Å². The number of aromatic nitrogens is 2. The molecule has 5 heteroatoms. The topological polar surface area (TPSA) is 29.9 Å². The molecule has 0 spiro atoms. The quantitative estimate of drug-likeness (QED) is 0.825. The van der Waals surface area contributed by atoms with E-state index in [1.165, 1.54) is 0 Å². The van der Waals surface area contributed by atoms with Crippen LogP contribution in [0.5, 0.6) is 0 Å². The summed E-state index contributed by atoms with van der Waals surface area (Å²) in [7, 11) is 0. The van der Waals surface area contributed by atoms with Crippen molar-refractivity contribution in [1.29, 1.82) is 0 Å². The van der Waals surface area contributed by atoms with Crippen molar-refractivity contribution in [3.05, 3.63) is 40.6 Å². The third kappa shape index (κ3) is 2.98. The van der Waals surface area contributed by atoms with Gasteiger partial charge in [0, 0.05) is 24.0 Å². The largest absolute Gasteiger partial charge is 0.355 e. The van der Waals surface area contributed by atoms with Gasteiger partial charge in [-0.3, -0.25) is 4.57 Å². The normalized spacial score (nSPS) is 10.6. The molecule has 0 unspecified atom stereocenters. The number of hydrogen-bond acceptors (Lipinski definition) is 2. The summed E-state index contributed by atoms with van der Waals surface area (Å²) in [4.78, 5) is 4.29. The first-order valence-electron chi connectivity index (χ1n) is 5.95. The van der Waals surface area contributed by atoms with E-state index in [-0.39, 0.29) is 0 Å². The van der Waals surface area contributed by atoms with Crippen LogP contribution >= 0.6 is 23.2 Å². The zero-order valence-corrected chi connectivity index (χ0v) is 11.7. The van der Waals surface area contributed by atoms with Crippen molar-refractivity contribution in [3.63, 3.8) is 0 Å². The zero-order chi connectivity index (χ0) is 13.0. The summed E-state index contributed by atoms with van der Waals surface area (Å²) in [6, 6.07) is 5.39. The fraction of sp³-hybridized carbons (Fsp3) is 0.308. The molecule has 0 radical (unpaired) electrons. The van der Waals surface area contributed by atoms with E-state index >= 15 is 0 Å². The molecular formula is C13H15Cl2N3. The molecule has 1 aromatic heterocycles. The fourth-order valence-corrected chi connectivity index (χ4v) is 2.05. The Morgan fingerprint density at radius 2 is 2.17 bits per heavy atom. The van der Waals surface area contributed by atoms with Gasteiger partial charge in [-0.2, -0.15) is 0 Å². The van der Waals surface area contributed by atoms with Gasteiger partial charge in [0.1, 0.15) is 0 Å². The number of unbranched alkanes of at least 4 members (excludes halogenated alkanes) is 1. The molecule has 0 aliphatic rings. The van der Waals surface area contributed by atoms with Crippen molar-refractivity contribution in [3.8, 4) is 5.69 Å². The minimum atomic E-state index is 0.649. The highest BCUT2D eigenvalue weighted by molar-refractivity contribution is 6.34. The van der Waals surface area contributed by atoms with Crippen molar-refractivity contribution < 1.29 is 0 Å². The third-order valence-corrected chi connectivity index (χ3v) is 3.18. The minimum Gasteiger partial charge on any atom is -0.355 e. The zero-order valence-electron chi connectivity index (χ0n) is 10.2. The van der Waals surface area contributed by atoms with Crippen LogP contribution in [0.15, 0.2) is 30.6 Å². The Morgan fingerprint density at radius 1 is 1.33 bits per heavy atom. The molecule has 96 valence electrons. The highest BCUT2D eigenvalue weighted by Gasteiger charge is 2.08. The van der Waals surface area contributed by atoms with Gasteiger partial charge in [-0.25, -0.2) is 4.98 Å². The van der Waals surface area contributed by atoms with Crippen LogP contribution in [0.3, 0.4) is 0 Å². The third-order valence-electron chi connectivity index (χ3n) is 2.62. The van der Waals surface area contributed by atoms with E-state index in [4.69, 9.17) is 23.2 Å². The van der Waals surface area contributed by atoms with Crippen molar-refractivity contribution in [2.24, 2.45) is 0 Å². The van der Waals surface area contributed by atoms with Crippen LogP contribution in [0, 0.1) is 0 Å². The molecule has 0 atom stereocenters. The van der Waals surface area contributed by atoms with Gasteiger partial charge in [0.2, 0.25) is 5.95 Å². The number of halogens is 2. The lowest BCUT2D eigenvalue weighted by atomic mass is 10.3. The predicted molar refractivity (Wildman–Crippen MR) is 77.0 cm³/mol. The van der Waals surface area contributed by atoms with Gasteiger partial charge < -0.3 is 5.32 Å². The minimum absolute atomic E-state index is 0.649. The van der Waals surface area contributed by atoms with Crippen LogP contribution in [-0.2, 0) is 0 Å². The molecular weight excluding hydrogens is 269 g/mol. The molecule has 0 aliphatic heterocycles. The Morgan fingerprint density at radius 3 is 2.94 bits per heavy atom. The van der Waals surface area contributed by atoms with E-state index in [9.17, 15) is 0 Å². The van der Waals surface area contributed by atoms with Crippen LogP contribution < -0.4 is 5.32 Å². The van der Waals surface area contributed by atoms with Crippen LogP contribution in [-0.4, -0.2) is 16.1 Å². The van der Waals surface area contributed by atoms with Crippen LogP contribution in [0.1, 0.15) is 19.8 Å². The van der Waals surface area contributed by atoms with Crippen LogP contribution in [0.25, 0.3) is 5.69 Å². The lowest BCUT2D eigenvalue weighted by Gasteiger charge is -2.11. The Balaban J connectivity index is 2.27. The van der Waals surface area contributed by atoms with E-state index in [0.29, 0.717) is 10.0 Å². The van der Waals surface area contributed by atoms with Gasteiger partial charge in [-0.1, -0.05) is 36.5 Å². The fourth-order valence-electron chi connectivity index (χ4n) is 1.68. The van der Waals surface area contributed by atoms with Gasteiger partial charge in [-0.15, -0.1) is 0 Å². The standard InChI is InChI=1S/C13H15Cl2N3/c1-2-3-6-16-13-17-7-8-18(13)12-9-10(14)4-5-11(12)15/h4-5,7-9H,2-3,6H2,1H3,(H,16,17). The summed E-state index contributed by atoms with van der Waals surface area (Å²) >= 11 is 12.2. The smallest absolute Gasteiger partial charge is 0.207 e. The second-order valence-electron chi connectivity index (χ2n) is 4.00. The number of hydrogen-bond donors (Lipinski definition) is 1. The summed E-state index contributed by atoms with van der Waals surface area (Å²) in [6.45, 7) is 3.05. The maximum absolute atomic E-state index is 6.19. The predicted octanol–water partition coefficient (Wildman–Crippen LogP) is 4.39. The Kier molecular flexibility index (Phi) is 4.50. The molecule has 1 N–H and O–H groups in total. The average Bonchev–Trinajstić information content (AvgIpc) is 2.81. The molecule has 0 saturated carbocycles. The number of imidazole rings is 1. The first-order valence-corrected chi connectivity index (χ1v) is 6.70. The Hall–Kier alpha value is -1.19. The average molecular weight is 284 g/mol. The Bertz CT molecular complexity index is 523. The summed E-state index contributed by atoms with van der Waals surface area (Å²) in [5.74, 6) is 0.785. The monoisotopic (exact) mass is 283 g/mol. The molecule has 3 nitrogen and oxygen atoms in total. The summed E-state index contributed by atoms with van der Waals surface area (Å²) in [6.07, 6.45) is 5.86. The van der Waals surface area contributed by atoms with E-state index in [0.717, 1.165) is 31.0 Å². The highest BCUT2D eigenvalue weighted by Crippen LogP contribution is 2.26. The first kappa shape index (κ1) is 13.2. The van der Waals surface area contributed by atoms with E-state index < -0.39 is 0 Å². The molecule has 0 saturated heterocycles.